The van der Waals surface area contributed by atoms with E-state index in [2.05, 4.69) is 47.6 Å². The standard InChI is InChI=1S/C14H9ClIN7/c15-11-9(20-7-3-1-2-4-8(7)21-11)5-23-14-10(12(16)22-23)13(17)18-6-19-14/h1-4,6H,5H2,(H2,17,18,19). The summed E-state index contributed by atoms with van der Waals surface area (Å²) in [5.74, 6) is 0.404. The van der Waals surface area contributed by atoms with Gasteiger partial charge in [0.25, 0.3) is 0 Å². The summed E-state index contributed by atoms with van der Waals surface area (Å²) in [5, 5.41) is 5.55. The number of nitrogens with zero attached hydrogens (tertiary/aromatic N) is 6. The monoisotopic (exact) mass is 437 g/mol. The number of aromatic nitrogens is 6. The van der Waals surface area contributed by atoms with Gasteiger partial charge >= 0.3 is 0 Å². The van der Waals surface area contributed by atoms with Crippen LogP contribution in [0.3, 0.4) is 0 Å². The lowest BCUT2D eigenvalue weighted by molar-refractivity contribution is 0.683. The molecule has 114 valence electrons. The van der Waals surface area contributed by atoms with Crippen LogP contribution in [0.4, 0.5) is 5.82 Å². The molecule has 3 aromatic heterocycles. The van der Waals surface area contributed by atoms with Crippen LogP contribution in [-0.4, -0.2) is 29.7 Å². The van der Waals surface area contributed by atoms with Gasteiger partial charge in [0.05, 0.1) is 28.7 Å². The van der Waals surface area contributed by atoms with Crippen LogP contribution >= 0.6 is 34.2 Å². The SMILES string of the molecule is Nc1ncnc2c1c(I)nn2Cc1nc2ccccc2nc1Cl. The zero-order chi connectivity index (χ0) is 16.0. The van der Waals surface area contributed by atoms with E-state index >= 15 is 0 Å². The molecule has 3 heterocycles. The smallest absolute Gasteiger partial charge is 0.164 e. The summed E-state index contributed by atoms with van der Waals surface area (Å²) in [6.07, 6.45) is 1.42. The number of benzene rings is 1. The molecular formula is C14H9ClIN7. The maximum absolute atomic E-state index is 6.27. The third-order valence-corrected chi connectivity index (χ3v) is 4.47. The Hall–Kier alpha value is -2.07. The molecule has 2 N–H and O–H groups in total. The third kappa shape index (κ3) is 2.47. The molecule has 4 rings (SSSR count). The molecule has 0 radical (unpaired) electrons. The van der Waals surface area contributed by atoms with Gasteiger partial charge in [-0.3, -0.25) is 0 Å². The van der Waals surface area contributed by atoms with E-state index in [1.54, 1.807) is 4.68 Å². The van der Waals surface area contributed by atoms with Gasteiger partial charge in [0.15, 0.2) is 10.8 Å². The first-order valence-corrected chi connectivity index (χ1v) is 8.13. The summed E-state index contributed by atoms with van der Waals surface area (Å²) in [7, 11) is 0. The number of nitrogens with two attached hydrogens (primary N) is 1. The Balaban J connectivity index is 1.85. The number of anilines is 1. The minimum absolute atomic E-state index is 0.351. The first kappa shape index (κ1) is 14.5. The number of fused-ring (bicyclic) bond motifs is 2. The molecule has 0 amide bonds. The van der Waals surface area contributed by atoms with Crippen LogP contribution in [0.15, 0.2) is 30.6 Å². The Labute approximate surface area is 149 Å². The zero-order valence-electron chi connectivity index (χ0n) is 11.6. The highest BCUT2D eigenvalue weighted by Crippen LogP contribution is 2.24. The predicted molar refractivity (Wildman–Crippen MR) is 96.1 cm³/mol. The lowest BCUT2D eigenvalue weighted by Gasteiger charge is -2.06. The number of rotatable bonds is 2. The fourth-order valence-corrected chi connectivity index (χ4v) is 3.33. The molecule has 0 unspecified atom stereocenters. The quantitative estimate of drug-likeness (QED) is 0.485. The Morgan fingerprint density at radius 1 is 1.13 bits per heavy atom. The molecule has 23 heavy (non-hydrogen) atoms. The second-order valence-electron chi connectivity index (χ2n) is 4.86. The summed E-state index contributed by atoms with van der Waals surface area (Å²) in [6, 6.07) is 7.58. The van der Waals surface area contributed by atoms with Gasteiger partial charge < -0.3 is 5.73 Å². The number of hydrogen-bond donors (Lipinski definition) is 1. The normalized spacial score (nSPS) is 11.4. The Kier molecular flexibility index (Phi) is 3.49. The molecule has 1 aromatic carbocycles. The van der Waals surface area contributed by atoms with Crippen LogP contribution in [0.25, 0.3) is 22.1 Å². The van der Waals surface area contributed by atoms with E-state index in [1.165, 1.54) is 6.33 Å². The van der Waals surface area contributed by atoms with E-state index in [4.69, 9.17) is 17.3 Å². The van der Waals surface area contributed by atoms with Crippen molar-refractivity contribution in [2.24, 2.45) is 0 Å². The van der Waals surface area contributed by atoms with Crippen LogP contribution in [0.5, 0.6) is 0 Å². The molecule has 0 aliphatic heterocycles. The summed E-state index contributed by atoms with van der Waals surface area (Å²) in [5.41, 5.74) is 8.72. The summed E-state index contributed by atoms with van der Waals surface area (Å²) >= 11 is 8.38. The van der Waals surface area contributed by atoms with Crippen molar-refractivity contribution in [3.05, 3.63) is 45.1 Å². The van der Waals surface area contributed by atoms with Crippen LogP contribution < -0.4 is 5.73 Å². The summed E-state index contributed by atoms with van der Waals surface area (Å²) in [6.45, 7) is 0.354. The van der Waals surface area contributed by atoms with Crippen LogP contribution in [0.2, 0.25) is 5.15 Å². The van der Waals surface area contributed by atoms with Gasteiger partial charge in [-0.15, -0.1) is 0 Å². The molecular weight excluding hydrogens is 429 g/mol. The van der Waals surface area contributed by atoms with Crippen molar-refractivity contribution < 1.29 is 0 Å². The van der Waals surface area contributed by atoms with Crippen molar-refractivity contribution in [1.29, 1.82) is 0 Å². The first-order valence-electron chi connectivity index (χ1n) is 6.67. The van der Waals surface area contributed by atoms with E-state index < -0.39 is 0 Å². The highest BCUT2D eigenvalue weighted by molar-refractivity contribution is 14.1. The van der Waals surface area contributed by atoms with Gasteiger partial charge in [-0.05, 0) is 34.7 Å². The molecule has 0 atom stereocenters. The van der Waals surface area contributed by atoms with Crippen molar-refractivity contribution in [1.82, 2.24) is 29.7 Å². The molecule has 0 saturated carbocycles. The topological polar surface area (TPSA) is 95.4 Å². The van der Waals surface area contributed by atoms with Crippen molar-refractivity contribution in [2.75, 3.05) is 5.73 Å². The first-order chi connectivity index (χ1) is 11.1. The lowest BCUT2D eigenvalue weighted by Crippen LogP contribution is -2.07. The van der Waals surface area contributed by atoms with E-state index in [0.717, 1.165) is 20.1 Å². The minimum atomic E-state index is 0.351. The molecule has 0 fully saturated rings. The highest BCUT2D eigenvalue weighted by atomic mass is 127. The van der Waals surface area contributed by atoms with E-state index in [0.29, 0.717) is 28.9 Å². The summed E-state index contributed by atoms with van der Waals surface area (Å²) < 4.78 is 2.44. The number of hydrogen-bond acceptors (Lipinski definition) is 6. The zero-order valence-corrected chi connectivity index (χ0v) is 14.5. The maximum atomic E-state index is 6.27. The largest absolute Gasteiger partial charge is 0.383 e. The molecule has 4 aromatic rings. The minimum Gasteiger partial charge on any atom is -0.383 e. The van der Waals surface area contributed by atoms with Crippen molar-refractivity contribution >= 4 is 62.1 Å². The average molecular weight is 438 g/mol. The lowest BCUT2D eigenvalue weighted by atomic mass is 10.3. The number of halogens is 2. The van der Waals surface area contributed by atoms with Gasteiger partial charge in [0, 0.05) is 0 Å². The molecule has 0 saturated heterocycles. The van der Waals surface area contributed by atoms with Gasteiger partial charge in [-0.25, -0.2) is 24.6 Å². The average Bonchev–Trinajstić information content (AvgIpc) is 2.85. The highest BCUT2D eigenvalue weighted by Gasteiger charge is 2.16. The predicted octanol–water partition coefficient (Wildman–Crippen LogP) is 2.66. The Bertz CT molecular complexity index is 1050. The Morgan fingerprint density at radius 2 is 1.87 bits per heavy atom. The number of para-hydroxylation sites is 2. The van der Waals surface area contributed by atoms with Crippen molar-refractivity contribution in [3.8, 4) is 0 Å². The third-order valence-electron chi connectivity index (χ3n) is 3.41. The van der Waals surface area contributed by atoms with Gasteiger partial charge in [0.1, 0.15) is 15.8 Å². The molecule has 7 nitrogen and oxygen atoms in total. The second kappa shape index (κ2) is 5.53. The molecule has 0 aliphatic rings. The fraction of sp³-hybridized carbons (Fsp3) is 0.0714. The summed E-state index contributed by atoms with van der Waals surface area (Å²) in [4.78, 5) is 17.2. The second-order valence-corrected chi connectivity index (χ2v) is 6.24. The van der Waals surface area contributed by atoms with Crippen LogP contribution in [0.1, 0.15) is 5.69 Å². The fourth-order valence-electron chi connectivity index (χ4n) is 2.35. The van der Waals surface area contributed by atoms with E-state index in [1.807, 2.05) is 24.3 Å². The molecule has 0 spiro atoms. The van der Waals surface area contributed by atoms with E-state index in [-0.39, 0.29) is 0 Å². The van der Waals surface area contributed by atoms with Gasteiger partial charge in [-0.1, -0.05) is 23.7 Å². The molecule has 0 bridgehead atoms. The van der Waals surface area contributed by atoms with Crippen LogP contribution in [0, 0.1) is 3.70 Å². The molecule has 0 aliphatic carbocycles. The van der Waals surface area contributed by atoms with Crippen molar-refractivity contribution in [2.45, 2.75) is 6.54 Å². The molecule has 9 heteroatoms. The van der Waals surface area contributed by atoms with E-state index in [9.17, 15) is 0 Å². The van der Waals surface area contributed by atoms with Crippen LogP contribution in [-0.2, 0) is 6.54 Å². The van der Waals surface area contributed by atoms with Gasteiger partial charge in [0.2, 0.25) is 0 Å². The number of nitrogen functional groups attached to an aromatic ring is 1. The van der Waals surface area contributed by atoms with Crippen molar-refractivity contribution in [3.63, 3.8) is 0 Å². The van der Waals surface area contributed by atoms with Gasteiger partial charge in [-0.2, -0.15) is 5.10 Å². The Morgan fingerprint density at radius 3 is 2.65 bits per heavy atom. The maximum Gasteiger partial charge on any atom is 0.164 e.